The van der Waals surface area contributed by atoms with Gasteiger partial charge in [-0.25, -0.2) is 13.9 Å². The quantitative estimate of drug-likeness (QED) is 0.463. The molecule has 0 radical (unpaired) electrons. The standard InChI is InChI=1S/C28H34FN7O3/c1-20(2)15-25(37)30-17-26(38)34-9-7-33(8-10-34)18-21-16-24-28(35-11-13-39-14-12-35)31-27(32-36(24)19-21)22-5-3-4-6-23(22)29/h3-6,15-16,19H,7-14,17-18H2,1-2H3,(H,30,37). The number of morpholine rings is 1. The van der Waals surface area contributed by atoms with Crippen LogP contribution < -0.4 is 10.2 Å². The monoisotopic (exact) mass is 535 g/mol. The largest absolute Gasteiger partial charge is 0.378 e. The van der Waals surface area contributed by atoms with Crippen LogP contribution in [0.2, 0.25) is 0 Å². The van der Waals surface area contributed by atoms with Crippen molar-refractivity contribution in [1.29, 1.82) is 0 Å². The minimum atomic E-state index is -0.360. The first-order valence-electron chi connectivity index (χ1n) is 13.3. The number of fused-ring (bicyclic) bond motifs is 1. The number of ether oxygens (including phenoxy) is 1. The lowest BCUT2D eigenvalue weighted by atomic mass is 10.2. The van der Waals surface area contributed by atoms with E-state index in [0.29, 0.717) is 57.3 Å². The summed E-state index contributed by atoms with van der Waals surface area (Å²) in [7, 11) is 0. The number of benzene rings is 1. The van der Waals surface area contributed by atoms with Crippen molar-refractivity contribution in [2.24, 2.45) is 0 Å². The normalized spacial score (nSPS) is 16.4. The van der Waals surface area contributed by atoms with E-state index in [9.17, 15) is 14.0 Å². The number of hydrogen-bond donors (Lipinski definition) is 1. The molecule has 2 saturated heterocycles. The number of allylic oxidation sites excluding steroid dienone is 1. The fraction of sp³-hybridized carbons (Fsp3) is 0.429. The lowest BCUT2D eigenvalue weighted by Gasteiger charge is -2.34. The second kappa shape index (κ2) is 11.9. The van der Waals surface area contributed by atoms with Crippen LogP contribution >= 0.6 is 0 Å². The summed E-state index contributed by atoms with van der Waals surface area (Å²) in [5.74, 6) is 0.420. The highest BCUT2D eigenvalue weighted by atomic mass is 19.1. The van der Waals surface area contributed by atoms with E-state index < -0.39 is 0 Å². The molecular weight excluding hydrogens is 501 g/mol. The average molecular weight is 536 g/mol. The van der Waals surface area contributed by atoms with Gasteiger partial charge in [-0.15, -0.1) is 5.10 Å². The van der Waals surface area contributed by atoms with E-state index in [0.717, 1.165) is 35.6 Å². The molecule has 0 atom stereocenters. The van der Waals surface area contributed by atoms with Gasteiger partial charge in [-0.2, -0.15) is 0 Å². The van der Waals surface area contributed by atoms with Crippen LogP contribution in [0.25, 0.3) is 16.9 Å². The third kappa shape index (κ3) is 6.43. The number of hydrogen-bond acceptors (Lipinski definition) is 7. The predicted octanol–water partition coefficient (Wildman–Crippen LogP) is 2.10. The third-order valence-corrected chi connectivity index (χ3v) is 6.89. The third-order valence-electron chi connectivity index (χ3n) is 6.89. The molecule has 0 saturated carbocycles. The summed E-state index contributed by atoms with van der Waals surface area (Å²) in [4.78, 5) is 35.4. The SMILES string of the molecule is CC(C)=CC(=O)NCC(=O)N1CCN(Cc2cc3c(N4CCOCC4)nc(-c4ccccc4F)nn3c2)CC1. The molecule has 1 N–H and O–H groups in total. The van der Waals surface area contributed by atoms with E-state index >= 15 is 0 Å². The maximum atomic E-state index is 14.6. The Balaban J connectivity index is 1.29. The van der Waals surface area contributed by atoms with E-state index in [1.807, 2.05) is 20.0 Å². The Morgan fingerprint density at radius 3 is 2.54 bits per heavy atom. The molecule has 39 heavy (non-hydrogen) atoms. The van der Waals surface area contributed by atoms with Gasteiger partial charge in [-0.3, -0.25) is 14.5 Å². The Labute approximate surface area is 227 Å². The molecule has 2 amide bonds. The van der Waals surface area contributed by atoms with Gasteiger partial charge in [0.1, 0.15) is 11.3 Å². The summed E-state index contributed by atoms with van der Waals surface area (Å²) in [5.41, 5.74) is 3.19. The lowest BCUT2D eigenvalue weighted by Crippen LogP contribution is -2.50. The molecule has 0 bridgehead atoms. The van der Waals surface area contributed by atoms with Gasteiger partial charge in [-0.1, -0.05) is 17.7 Å². The molecular formula is C28H34FN7O3. The van der Waals surface area contributed by atoms with Crippen molar-refractivity contribution in [3.63, 3.8) is 0 Å². The number of nitrogens with one attached hydrogen (secondary N) is 1. The Kier molecular flexibility index (Phi) is 8.18. The second-order valence-corrected chi connectivity index (χ2v) is 10.1. The molecule has 2 fully saturated rings. The highest BCUT2D eigenvalue weighted by molar-refractivity contribution is 5.91. The topological polar surface area (TPSA) is 95.3 Å². The predicted molar refractivity (Wildman–Crippen MR) is 146 cm³/mol. The van der Waals surface area contributed by atoms with Crippen LogP contribution in [-0.2, 0) is 20.9 Å². The van der Waals surface area contributed by atoms with Crippen molar-refractivity contribution in [3.05, 3.63) is 59.6 Å². The Hall–Kier alpha value is -3.83. The molecule has 0 aliphatic carbocycles. The number of amides is 2. The molecule has 1 aromatic carbocycles. The van der Waals surface area contributed by atoms with Crippen molar-refractivity contribution < 1.29 is 18.7 Å². The van der Waals surface area contributed by atoms with E-state index in [-0.39, 0.29) is 24.2 Å². The number of piperazine rings is 1. The number of aromatic nitrogens is 3. The lowest BCUT2D eigenvalue weighted by molar-refractivity contribution is -0.133. The molecule has 2 aliphatic heterocycles. The molecule has 0 unspecified atom stereocenters. The van der Waals surface area contributed by atoms with Crippen LogP contribution in [0, 0.1) is 5.82 Å². The summed E-state index contributed by atoms with van der Waals surface area (Å²) in [6.07, 6.45) is 3.46. The van der Waals surface area contributed by atoms with Crippen molar-refractivity contribution in [3.8, 4) is 11.4 Å². The first-order chi connectivity index (χ1) is 18.9. The maximum absolute atomic E-state index is 14.6. The zero-order valence-corrected chi connectivity index (χ0v) is 22.4. The van der Waals surface area contributed by atoms with Crippen LogP contribution in [0.5, 0.6) is 0 Å². The van der Waals surface area contributed by atoms with E-state index in [4.69, 9.17) is 9.72 Å². The Morgan fingerprint density at radius 2 is 1.82 bits per heavy atom. The summed E-state index contributed by atoms with van der Waals surface area (Å²) in [6.45, 7) is 9.65. The van der Waals surface area contributed by atoms with Gasteiger partial charge < -0.3 is 19.9 Å². The van der Waals surface area contributed by atoms with Gasteiger partial charge in [0.15, 0.2) is 11.6 Å². The molecule has 10 nitrogen and oxygen atoms in total. The number of anilines is 1. The number of rotatable bonds is 7. The summed E-state index contributed by atoms with van der Waals surface area (Å²) < 4.78 is 21.9. The maximum Gasteiger partial charge on any atom is 0.244 e. The first kappa shape index (κ1) is 26.8. The molecule has 2 aromatic heterocycles. The number of carbonyl (C=O) groups is 2. The van der Waals surface area contributed by atoms with Crippen LogP contribution in [0.3, 0.4) is 0 Å². The van der Waals surface area contributed by atoms with E-state index in [1.165, 1.54) is 12.1 Å². The second-order valence-electron chi connectivity index (χ2n) is 10.1. The summed E-state index contributed by atoms with van der Waals surface area (Å²) in [5, 5.41) is 7.32. The zero-order chi connectivity index (χ0) is 27.4. The smallest absolute Gasteiger partial charge is 0.244 e. The molecule has 3 aromatic rings. The van der Waals surface area contributed by atoms with Crippen molar-refractivity contribution >= 4 is 23.1 Å². The summed E-state index contributed by atoms with van der Waals surface area (Å²) in [6, 6.07) is 8.63. The van der Waals surface area contributed by atoms with Crippen LogP contribution in [0.1, 0.15) is 19.4 Å². The van der Waals surface area contributed by atoms with Gasteiger partial charge in [0, 0.05) is 58.1 Å². The Morgan fingerprint density at radius 1 is 1.08 bits per heavy atom. The fourth-order valence-electron chi connectivity index (χ4n) is 4.89. The molecule has 206 valence electrons. The average Bonchev–Trinajstić information content (AvgIpc) is 3.34. The van der Waals surface area contributed by atoms with Crippen LogP contribution in [0.15, 0.2) is 48.2 Å². The summed E-state index contributed by atoms with van der Waals surface area (Å²) >= 11 is 0. The van der Waals surface area contributed by atoms with Crippen molar-refractivity contribution in [2.75, 3.05) is 63.9 Å². The molecule has 4 heterocycles. The fourth-order valence-corrected chi connectivity index (χ4v) is 4.89. The highest BCUT2D eigenvalue weighted by Gasteiger charge is 2.23. The zero-order valence-electron chi connectivity index (χ0n) is 22.4. The molecule has 2 aliphatic rings. The van der Waals surface area contributed by atoms with Gasteiger partial charge >= 0.3 is 0 Å². The van der Waals surface area contributed by atoms with Gasteiger partial charge in [0.2, 0.25) is 11.8 Å². The van der Waals surface area contributed by atoms with Gasteiger partial charge in [0.25, 0.3) is 0 Å². The van der Waals surface area contributed by atoms with Gasteiger partial charge in [0.05, 0.1) is 25.3 Å². The van der Waals surface area contributed by atoms with Crippen molar-refractivity contribution in [1.82, 2.24) is 29.7 Å². The van der Waals surface area contributed by atoms with Crippen LogP contribution in [-0.4, -0.2) is 95.2 Å². The molecule has 5 rings (SSSR count). The molecule has 0 spiro atoms. The first-order valence-corrected chi connectivity index (χ1v) is 13.3. The van der Waals surface area contributed by atoms with E-state index in [2.05, 4.69) is 26.3 Å². The van der Waals surface area contributed by atoms with E-state index in [1.54, 1.807) is 27.6 Å². The van der Waals surface area contributed by atoms with Gasteiger partial charge in [-0.05, 0) is 37.6 Å². The van der Waals surface area contributed by atoms with Crippen LogP contribution in [0.4, 0.5) is 10.2 Å². The molecule has 11 heteroatoms. The highest BCUT2D eigenvalue weighted by Crippen LogP contribution is 2.27. The number of halogens is 1. The minimum Gasteiger partial charge on any atom is -0.378 e. The number of carbonyl (C=O) groups excluding carboxylic acids is 2. The Bertz CT molecular complexity index is 1370. The minimum absolute atomic E-state index is 0.000815. The van der Waals surface area contributed by atoms with Crippen molar-refractivity contribution in [2.45, 2.75) is 20.4 Å². The number of nitrogens with zero attached hydrogens (tertiary/aromatic N) is 6.